The molecule has 0 atom stereocenters. The fraction of sp³-hybridized carbons (Fsp3) is 0.348. The van der Waals surface area contributed by atoms with Gasteiger partial charge in [-0.2, -0.15) is 0 Å². The van der Waals surface area contributed by atoms with E-state index in [1.807, 2.05) is 0 Å². The molecule has 0 spiro atoms. The van der Waals surface area contributed by atoms with Crippen molar-refractivity contribution < 1.29 is 41.2 Å². The Labute approximate surface area is 183 Å². The van der Waals surface area contributed by atoms with Gasteiger partial charge in [-0.25, -0.2) is 0 Å². The van der Waals surface area contributed by atoms with Crippen molar-refractivity contribution in [3.63, 3.8) is 0 Å². The van der Waals surface area contributed by atoms with E-state index in [4.69, 9.17) is 15.3 Å². The van der Waals surface area contributed by atoms with Crippen molar-refractivity contribution >= 4 is 0 Å². The first-order valence-corrected chi connectivity index (χ1v) is 9.08. The van der Waals surface area contributed by atoms with Crippen molar-refractivity contribution in [2.75, 3.05) is 19.8 Å². The molecule has 0 fully saturated rings. The Morgan fingerprint density at radius 3 is 1.41 bits per heavy atom. The Kier molecular flexibility index (Phi) is 20.3. The minimum absolute atomic E-state index is 0. The van der Waals surface area contributed by atoms with Gasteiger partial charge in [-0.1, -0.05) is 69.2 Å². The third-order valence-corrected chi connectivity index (χ3v) is 3.25. The average molecular weight is 533 g/mol. The van der Waals surface area contributed by atoms with E-state index in [2.05, 4.69) is 66.8 Å². The molecule has 0 aromatic heterocycles. The predicted molar refractivity (Wildman–Crippen MR) is 104 cm³/mol. The summed E-state index contributed by atoms with van der Waals surface area (Å²) in [6.07, 6.45) is 15.3. The monoisotopic (exact) mass is 534 g/mol. The largest absolute Gasteiger partial charge is 4.00 e. The minimum Gasteiger partial charge on any atom is -0.855 e. The first kappa shape index (κ1) is 28.0. The standard InChI is InChI=1S/C17H15.3C2H5O.Hf/c1-2-8-14(9-3-1)17(15-10-4-5-11-15)16-12-6-7-13-16;3*1-2-3;/h1-10,12H,11,13H2;3*2H2,1H3;/q4*-1;+4. The quantitative estimate of drug-likeness (QED) is 0.444. The number of rotatable bonds is 3. The molecular formula is C23H30HfO3. The zero-order chi connectivity index (χ0) is 19.6. The van der Waals surface area contributed by atoms with E-state index in [0.717, 1.165) is 12.8 Å². The summed E-state index contributed by atoms with van der Waals surface area (Å²) < 4.78 is 0. The molecule has 4 heteroatoms. The average Bonchev–Trinajstić information content (AvgIpc) is 3.33. The van der Waals surface area contributed by atoms with E-state index < -0.39 is 0 Å². The van der Waals surface area contributed by atoms with Crippen LogP contribution in [0.3, 0.4) is 0 Å². The molecule has 2 aliphatic carbocycles. The summed E-state index contributed by atoms with van der Waals surface area (Å²) in [5.74, 6) is 1.42. The van der Waals surface area contributed by atoms with Crippen LogP contribution in [0.1, 0.15) is 39.2 Å². The van der Waals surface area contributed by atoms with Gasteiger partial charge >= 0.3 is 25.8 Å². The molecular weight excluding hydrogens is 503 g/mol. The van der Waals surface area contributed by atoms with Crippen LogP contribution in [0, 0.1) is 5.92 Å². The smallest absolute Gasteiger partial charge is 0.855 e. The van der Waals surface area contributed by atoms with Crippen molar-refractivity contribution in [1.82, 2.24) is 0 Å². The molecule has 0 aliphatic heterocycles. The zero-order valence-electron chi connectivity index (χ0n) is 16.6. The summed E-state index contributed by atoms with van der Waals surface area (Å²) in [5, 5.41) is 26.8. The summed E-state index contributed by atoms with van der Waals surface area (Å²) in [6.45, 7) is 4.71. The van der Waals surface area contributed by atoms with E-state index in [1.54, 1.807) is 20.8 Å². The topological polar surface area (TPSA) is 69.2 Å². The third-order valence-electron chi connectivity index (χ3n) is 3.25. The molecule has 3 nitrogen and oxygen atoms in total. The van der Waals surface area contributed by atoms with Gasteiger partial charge in [0, 0.05) is 0 Å². The summed E-state index contributed by atoms with van der Waals surface area (Å²) in [4.78, 5) is 0. The van der Waals surface area contributed by atoms with Crippen molar-refractivity contribution in [3.8, 4) is 0 Å². The van der Waals surface area contributed by atoms with Gasteiger partial charge in [0.1, 0.15) is 0 Å². The third kappa shape index (κ3) is 12.0. The van der Waals surface area contributed by atoms with Gasteiger partial charge < -0.3 is 15.3 Å². The molecule has 0 radical (unpaired) electrons. The van der Waals surface area contributed by atoms with Crippen LogP contribution in [0.5, 0.6) is 0 Å². The van der Waals surface area contributed by atoms with E-state index in [-0.39, 0.29) is 45.7 Å². The van der Waals surface area contributed by atoms with Gasteiger partial charge in [-0.05, 0) is 12.8 Å². The number of hydrogen-bond donors (Lipinski definition) is 0. The Balaban J connectivity index is 0. The molecule has 0 heterocycles. The molecule has 2 aliphatic rings. The number of allylic oxidation sites excluding steroid dienone is 8. The van der Waals surface area contributed by atoms with Crippen molar-refractivity contribution in [2.24, 2.45) is 0 Å². The van der Waals surface area contributed by atoms with Crippen molar-refractivity contribution in [2.45, 2.75) is 33.6 Å². The number of hydrogen-bond acceptors (Lipinski definition) is 3. The first-order chi connectivity index (χ1) is 12.7. The molecule has 1 aromatic carbocycles. The van der Waals surface area contributed by atoms with E-state index in [1.165, 1.54) is 22.6 Å². The van der Waals surface area contributed by atoms with E-state index in [0.29, 0.717) is 0 Å². The zero-order valence-corrected chi connectivity index (χ0v) is 20.2. The maximum absolute atomic E-state index is 8.93. The summed E-state index contributed by atoms with van der Waals surface area (Å²) in [5.41, 5.74) is 4.20. The molecule has 3 rings (SSSR count). The van der Waals surface area contributed by atoms with Gasteiger partial charge in [-0.15, -0.1) is 60.8 Å². The van der Waals surface area contributed by atoms with Crippen LogP contribution in [0.15, 0.2) is 77.9 Å². The summed E-state index contributed by atoms with van der Waals surface area (Å²) in [6, 6.07) is 10.7. The predicted octanol–water partition coefficient (Wildman–Crippen LogP) is 2.48. The van der Waals surface area contributed by atoms with E-state index >= 15 is 0 Å². The Hall–Kier alpha value is -1.20. The number of benzene rings is 1. The van der Waals surface area contributed by atoms with Gasteiger partial charge in [-0.3, -0.25) is 0 Å². The molecule has 0 amide bonds. The second-order valence-corrected chi connectivity index (χ2v) is 5.26. The molecule has 0 bridgehead atoms. The fourth-order valence-corrected chi connectivity index (χ4v) is 2.45. The van der Waals surface area contributed by atoms with Crippen molar-refractivity contribution in [1.29, 1.82) is 0 Å². The SMILES string of the molecule is C1=CCC([C-](C2=CC=CC2)c2ccccc2)=C1.CC[O-].CC[O-].CC[O-].[Hf+4]. The van der Waals surface area contributed by atoms with Crippen LogP contribution in [0.25, 0.3) is 0 Å². The summed E-state index contributed by atoms with van der Waals surface area (Å²) >= 11 is 0. The normalized spacial score (nSPS) is 12.8. The van der Waals surface area contributed by atoms with Gasteiger partial charge in [0.15, 0.2) is 0 Å². The van der Waals surface area contributed by atoms with Crippen LogP contribution in [-0.4, -0.2) is 19.8 Å². The fourth-order valence-electron chi connectivity index (χ4n) is 2.45. The van der Waals surface area contributed by atoms with Crippen molar-refractivity contribution in [3.05, 3.63) is 89.4 Å². The molecule has 0 saturated carbocycles. The first-order valence-electron chi connectivity index (χ1n) is 9.08. The van der Waals surface area contributed by atoms with Crippen LogP contribution >= 0.6 is 0 Å². The second-order valence-electron chi connectivity index (χ2n) is 5.26. The van der Waals surface area contributed by atoms with Gasteiger partial charge in [0.25, 0.3) is 0 Å². The maximum atomic E-state index is 8.93. The second kappa shape index (κ2) is 19.6. The van der Waals surface area contributed by atoms with Gasteiger partial charge in [0.2, 0.25) is 0 Å². The van der Waals surface area contributed by atoms with Crippen LogP contribution < -0.4 is 15.3 Å². The van der Waals surface area contributed by atoms with Crippen LogP contribution in [-0.2, 0) is 25.8 Å². The van der Waals surface area contributed by atoms with Crippen LogP contribution in [0.2, 0.25) is 0 Å². The Morgan fingerprint density at radius 1 is 0.741 bits per heavy atom. The Morgan fingerprint density at radius 2 is 1.11 bits per heavy atom. The van der Waals surface area contributed by atoms with Crippen LogP contribution in [0.4, 0.5) is 0 Å². The maximum Gasteiger partial charge on any atom is 4.00 e. The minimum atomic E-state index is 0. The molecule has 1 aromatic rings. The molecule has 0 unspecified atom stereocenters. The Bertz CT molecular complexity index is 540. The molecule has 0 N–H and O–H groups in total. The van der Waals surface area contributed by atoms with E-state index in [9.17, 15) is 0 Å². The molecule has 0 saturated heterocycles. The molecule has 144 valence electrons. The van der Waals surface area contributed by atoms with Gasteiger partial charge in [0.05, 0.1) is 0 Å². The summed E-state index contributed by atoms with van der Waals surface area (Å²) in [7, 11) is 0. The molecule has 27 heavy (non-hydrogen) atoms.